The summed E-state index contributed by atoms with van der Waals surface area (Å²) in [5, 5.41) is 0. The first-order valence-electron chi connectivity index (χ1n) is 8.94. The van der Waals surface area contributed by atoms with Crippen LogP contribution in [0.4, 0.5) is 0 Å². The first-order chi connectivity index (χ1) is 12.1. The second-order valence-electron chi connectivity index (χ2n) is 8.78. The van der Waals surface area contributed by atoms with Crippen LogP contribution < -0.4 is 5.73 Å². The summed E-state index contributed by atoms with van der Waals surface area (Å²) in [6, 6.07) is 1.77. The summed E-state index contributed by atoms with van der Waals surface area (Å²) in [5.74, 6) is -0.638. The van der Waals surface area contributed by atoms with Gasteiger partial charge in [0.2, 0.25) is 11.8 Å². The summed E-state index contributed by atoms with van der Waals surface area (Å²) in [4.78, 5) is 41.4. The van der Waals surface area contributed by atoms with E-state index in [4.69, 9.17) is 5.73 Å². The number of nitrogens with zero attached hydrogens (tertiary/aromatic N) is 3. The monoisotopic (exact) mass is 376 g/mol. The van der Waals surface area contributed by atoms with E-state index >= 15 is 0 Å². The minimum absolute atomic E-state index is 0.0879. The molecule has 26 heavy (non-hydrogen) atoms. The third-order valence-corrected chi connectivity index (χ3v) is 7.12. The number of aryl methyl sites for hydroxylation is 1. The molecule has 3 fully saturated rings. The number of nitrogens with two attached hydrogens (primary N) is 1. The molecule has 1 aromatic heterocycles. The number of hydrogen-bond acceptors (Lipinski definition) is 5. The summed E-state index contributed by atoms with van der Waals surface area (Å²) in [6.07, 6.45) is 0.921. The van der Waals surface area contributed by atoms with E-state index in [0.29, 0.717) is 31.1 Å². The molecule has 2 saturated heterocycles. The normalized spacial score (nSPS) is 28.1. The van der Waals surface area contributed by atoms with Crippen molar-refractivity contribution >= 4 is 29.3 Å². The van der Waals surface area contributed by atoms with Crippen LogP contribution in [0.15, 0.2) is 6.07 Å². The molecule has 2 atom stereocenters. The number of rotatable bonds is 3. The van der Waals surface area contributed by atoms with E-state index in [-0.39, 0.29) is 29.1 Å². The van der Waals surface area contributed by atoms with Crippen LogP contribution in [-0.4, -0.2) is 58.1 Å². The van der Waals surface area contributed by atoms with Crippen molar-refractivity contribution in [2.75, 3.05) is 26.2 Å². The number of amides is 3. The smallest absolute Gasteiger partial charge is 0.265 e. The SMILES string of the molecule is Cc1cc(C(=O)N2CC(C(N)=O)C3(C2)CN(C(=O)[C@H]2CC2(C)C)C3)sn1. The molecule has 7 nitrogen and oxygen atoms in total. The Morgan fingerprint density at radius 3 is 2.31 bits per heavy atom. The molecule has 1 aromatic rings. The summed E-state index contributed by atoms with van der Waals surface area (Å²) in [7, 11) is 0. The zero-order valence-electron chi connectivity index (χ0n) is 15.3. The average Bonchev–Trinajstić information content (AvgIpc) is 2.92. The fourth-order valence-electron chi connectivity index (χ4n) is 4.43. The molecule has 8 heteroatoms. The number of aromatic nitrogens is 1. The quantitative estimate of drug-likeness (QED) is 0.847. The molecule has 2 aliphatic heterocycles. The van der Waals surface area contributed by atoms with Gasteiger partial charge in [-0.15, -0.1) is 0 Å². The van der Waals surface area contributed by atoms with Crippen LogP contribution in [0.1, 0.15) is 35.6 Å². The van der Waals surface area contributed by atoms with Crippen LogP contribution in [0.25, 0.3) is 0 Å². The summed E-state index contributed by atoms with van der Waals surface area (Å²) >= 11 is 1.18. The molecule has 1 saturated carbocycles. The molecule has 0 radical (unpaired) electrons. The van der Waals surface area contributed by atoms with Gasteiger partial charge in [0.1, 0.15) is 4.88 Å². The Kier molecular flexibility index (Phi) is 3.70. The second kappa shape index (κ2) is 5.52. The highest BCUT2D eigenvalue weighted by Crippen LogP contribution is 2.54. The molecule has 4 rings (SSSR count). The van der Waals surface area contributed by atoms with Crippen molar-refractivity contribution in [3.8, 4) is 0 Å². The topological polar surface area (TPSA) is 96.6 Å². The molecule has 2 N–H and O–H groups in total. The van der Waals surface area contributed by atoms with Gasteiger partial charge in [0.25, 0.3) is 5.91 Å². The predicted octanol–water partition coefficient (Wildman–Crippen LogP) is 0.884. The molecule has 3 amide bonds. The number of likely N-dealkylation sites (tertiary alicyclic amines) is 2. The van der Waals surface area contributed by atoms with Gasteiger partial charge in [-0.05, 0) is 36.4 Å². The molecular weight excluding hydrogens is 352 g/mol. The van der Waals surface area contributed by atoms with Gasteiger partial charge in [-0.1, -0.05) is 13.8 Å². The number of primary amides is 1. The van der Waals surface area contributed by atoms with Crippen molar-refractivity contribution in [3.05, 3.63) is 16.6 Å². The summed E-state index contributed by atoms with van der Waals surface area (Å²) < 4.78 is 4.16. The van der Waals surface area contributed by atoms with Gasteiger partial charge in [0.15, 0.2) is 0 Å². The maximum absolute atomic E-state index is 12.7. The Balaban J connectivity index is 1.47. The zero-order chi connectivity index (χ0) is 18.9. The Morgan fingerprint density at radius 1 is 1.19 bits per heavy atom. The number of hydrogen-bond donors (Lipinski definition) is 1. The molecule has 3 aliphatic rings. The van der Waals surface area contributed by atoms with Gasteiger partial charge in [0.05, 0.1) is 11.6 Å². The third-order valence-electron chi connectivity index (χ3n) is 6.25. The van der Waals surface area contributed by atoms with E-state index < -0.39 is 11.3 Å². The molecule has 1 unspecified atom stereocenters. The van der Waals surface area contributed by atoms with Crippen molar-refractivity contribution in [1.82, 2.24) is 14.2 Å². The fourth-order valence-corrected chi connectivity index (χ4v) is 5.16. The van der Waals surface area contributed by atoms with Crippen LogP contribution in [0.2, 0.25) is 0 Å². The molecule has 0 bridgehead atoms. The van der Waals surface area contributed by atoms with Gasteiger partial charge in [-0.3, -0.25) is 14.4 Å². The maximum atomic E-state index is 12.7. The zero-order valence-corrected chi connectivity index (χ0v) is 16.1. The molecule has 0 aromatic carbocycles. The largest absolute Gasteiger partial charge is 0.369 e. The van der Waals surface area contributed by atoms with E-state index in [2.05, 4.69) is 18.2 Å². The van der Waals surface area contributed by atoms with Gasteiger partial charge < -0.3 is 15.5 Å². The molecular formula is C18H24N4O3S. The first kappa shape index (κ1) is 17.5. The Hall–Kier alpha value is -1.96. The molecule has 1 aliphatic carbocycles. The summed E-state index contributed by atoms with van der Waals surface area (Å²) in [5.41, 5.74) is 6.14. The van der Waals surface area contributed by atoms with Crippen molar-refractivity contribution < 1.29 is 14.4 Å². The Bertz CT molecular complexity index is 796. The van der Waals surface area contributed by atoms with Crippen molar-refractivity contribution in [2.24, 2.45) is 28.4 Å². The predicted molar refractivity (Wildman–Crippen MR) is 96.3 cm³/mol. The van der Waals surface area contributed by atoms with Gasteiger partial charge in [-0.25, -0.2) is 0 Å². The lowest BCUT2D eigenvalue weighted by atomic mass is 9.71. The van der Waals surface area contributed by atoms with Crippen LogP contribution in [-0.2, 0) is 9.59 Å². The lowest BCUT2D eigenvalue weighted by molar-refractivity contribution is -0.150. The average molecular weight is 376 g/mol. The second-order valence-corrected chi connectivity index (χ2v) is 9.58. The van der Waals surface area contributed by atoms with Crippen LogP contribution in [0.5, 0.6) is 0 Å². The molecule has 1 spiro atoms. The molecule has 3 heterocycles. The van der Waals surface area contributed by atoms with Gasteiger partial charge >= 0.3 is 0 Å². The van der Waals surface area contributed by atoms with Crippen molar-refractivity contribution in [2.45, 2.75) is 27.2 Å². The van der Waals surface area contributed by atoms with Crippen LogP contribution >= 0.6 is 11.5 Å². The van der Waals surface area contributed by atoms with E-state index in [1.165, 1.54) is 11.5 Å². The van der Waals surface area contributed by atoms with Crippen molar-refractivity contribution in [1.29, 1.82) is 0 Å². The lowest BCUT2D eigenvalue weighted by Gasteiger charge is -2.50. The van der Waals surface area contributed by atoms with E-state index in [1.54, 1.807) is 11.0 Å². The van der Waals surface area contributed by atoms with Crippen LogP contribution in [0.3, 0.4) is 0 Å². The van der Waals surface area contributed by atoms with E-state index in [0.717, 1.165) is 12.1 Å². The highest BCUT2D eigenvalue weighted by Gasteiger charge is 2.61. The van der Waals surface area contributed by atoms with Gasteiger partial charge in [-0.2, -0.15) is 4.37 Å². The summed E-state index contributed by atoms with van der Waals surface area (Å²) in [6.45, 7) is 7.86. The van der Waals surface area contributed by atoms with E-state index in [1.807, 2.05) is 11.8 Å². The fraction of sp³-hybridized carbons (Fsp3) is 0.667. The Morgan fingerprint density at radius 2 is 1.81 bits per heavy atom. The van der Waals surface area contributed by atoms with E-state index in [9.17, 15) is 14.4 Å². The molecule has 140 valence electrons. The number of carbonyl (C=O) groups is 3. The minimum Gasteiger partial charge on any atom is -0.369 e. The highest BCUT2D eigenvalue weighted by molar-refractivity contribution is 7.08. The van der Waals surface area contributed by atoms with Crippen molar-refractivity contribution in [3.63, 3.8) is 0 Å². The maximum Gasteiger partial charge on any atom is 0.265 e. The standard InChI is InChI=1S/C18H24N4O3S/c1-10-4-13(26-20-10)16(25)21-6-12(14(19)23)18(7-21)8-22(9-18)15(24)11-5-17(11,2)3/h4,11-12H,5-9H2,1-3H3,(H2,19,23)/t11-,12?/m1/s1. The first-order valence-corrected chi connectivity index (χ1v) is 9.71. The Labute approximate surface area is 156 Å². The lowest BCUT2D eigenvalue weighted by Crippen LogP contribution is -2.64. The number of carbonyl (C=O) groups excluding carboxylic acids is 3. The third kappa shape index (κ3) is 2.62. The minimum atomic E-state index is -0.406. The van der Waals surface area contributed by atoms with Crippen LogP contribution in [0, 0.1) is 29.6 Å². The highest BCUT2D eigenvalue weighted by atomic mass is 32.1. The van der Waals surface area contributed by atoms with Gasteiger partial charge in [0, 0.05) is 37.5 Å².